The topological polar surface area (TPSA) is 76.0 Å². The molecule has 2 atom stereocenters. The van der Waals surface area contributed by atoms with E-state index in [0.29, 0.717) is 22.5 Å². The monoisotopic (exact) mass is 308 g/mol. The lowest BCUT2D eigenvalue weighted by atomic mass is 9.84. The van der Waals surface area contributed by atoms with Gasteiger partial charge >= 0.3 is 0 Å². The molecule has 5 heteroatoms. The smallest absolute Gasteiger partial charge is 0.231 e. The predicted octanol–water partition coefficient (Wildman–Crippen LogP) is 2.63. The van der Waals surface area contributed by atoms with Gasteiger partial charge in [0.15, 0.2) is 5.76 Å². The fraction of sp³-hybridized carbons (Fsp3) is 0.588. The standard InChI is InChI=1S/C17H24O5/c1-8(2)15(21-6)12-11-7-17(20,9(3)4)22-16(11)10(5)13(18)14(12)19/h7-9,15,19-20H,1-6H3. The van der Waals surface area contributed by atoms with Gasteiger partial charge in [-0.1, -0.05) is 27.7 Å². The van der Waals surface area contributed by atoms with Crippen LogP contribution in [0, 0.1) is 11.8 Å². The number of rotatable bonds is 4. The average molecular weight is 308 g/mol. The molecule has 2 aliphatic rings. The molecule has 0 saturated heterocycles. The minimum atomic E-state index is -1.49. The number of aliphatic hydroxyl groups is 2. The SMILES string of the molecule is COC(C1=C(O)C(=O)C(C)=C2OC(O)(C(C)C)C=C21)C(C)C. The van der Waals surface area contributed by atoms with Gasteiger partial charge in [0.25, 0.3) is 0 Å². The van der Waals surface area contributed by atoms with E-state index >= 15 is 0 Å². The second kappa shape index (κ2) is 5.56. The molecule has 22 heavy (non-hydrogen) atoms. The molecule has 0 spiro atoms. The largest absolute Gasteiger partial charge is 0.504 e. The van der Waals surface area contributed by atoms with Crippen molar-refractivity contribution in [2.75, 3.05) is 7.11 Å². The van der Waals surface area contributed by atoms with Crippen molar-refractivity contribution in [3.63, 3.8) is 0 Å². The zero-order valence-electron chi connectivity index (χ0n) is 13.9. The molecule has 0 bridgehead atoms. The van der Waals surface area contributed by atoms with Gasteiger partial charge in [-0.3, -0.25) is 4.79 Å². The average Bonchev–Trinajstić information content (AvgIpc) is 2.80. The maximum atomic E-state index is 12.3. The number of ether oxygens (including phenoxy) is 2. The first-order chi connectivity index (χ1) is 10.1. The Labute approximate surface area is 130 Å². The summed E-state index contributed by atoms with van der Waals surface area (Å²) in [5, 5.41) is 21.0. The number of Topliss-reactive ketones (excluding diaryl/α,β-unsaturated/α-hetero) is 1. The van der Waals surface area contributed by atoms with Gasteiger partial charge in [-0.15, -0.1) is 0 Å². The zero-order chi connectivity index (χ0) is 16.8. The molecular formula is C17H24O5. The summed E-state index contributed by atoms with van der Waals surface area (Å²) in [6.45, 7) is 9.11. The van der Waals surface area contributed by atoms with Crippen LogP contribution in [0.15, 0.2) is 34.3 Å². The third-order valence-corrected chi connectivity index (χ3v) is 4.27. The molecule has 122 valence electrons. The maximum Gasteiger partial charge on any atom is 0.231 e. The first kappa shape index (κ1) is 16.8. The van der Waals surface area contributed by atoms with Crippen LogP contribution in [-0.4, -0.2) is 35.0 Å². The minimum Gasteiger partial charge on any atom is -0.504 e. The van der Waals surface area contributed by atoms with Gasteiger partial charge in [0.2, 0.25) is 11.6 Å². The van der Waals surface area contributed by atoms with E-state index in [-0.39, 0.29) is 17.6 Å². The number of allylic oxidation sites excluding steroid dienone is 2. The summed E-state index contributed by atoms with van der Waals surface area (Å²) < 4.78 is 11.1. The number of hydrogen-bond acceptors (Lipinski definition) is 5. The van der Waals surface area contributed by atoms with E-state index in [4.69, 9.17) is 9.47 Å². The van der Waals surface area contributed by atoms with Crippen molar-refractivity contribution >= 4 is 5.78 Å². The highest BCUT2D eigenvalue weighted by Gasteiger charge is 2.46. The minimum absolute atomic E-state index is 0.0447. The Bertz CT molecular complexity index is 594. The van der Waals surface area contributed by atoms with Crippen LogP contribution in [-0.2, 0) is 14.3 Å². The summed E-state index contributed by atoms with van der Waals surface area (Å²) in [6.07, 6.45) is 1.11. The number of carbonyl (C=O) groups excluding carboxylic acids is 1. The van der Waals surface area contributed by atoms with Crippen LogP contribution in [0.3, 0.4) is 0 Å². The van der Waals surface area contributed by atoms with Crippen LogP contribution in [0.1, 0.15) is 34.6 Å². The molecule has 5 nitrogen and oxygen atoms in total. The number of carbonyl (C=O) groups is 1. The van der Waals surface area contributed by atoms with E-state index in [1.54, 1.807) is 13.0 Å². The van der Waals surface area contributed by atoms with E-state index in [1.807, 2.05) is 27.7 Å². The van der Waals surface area contributed by atoms with Gasteiger partial charge in [-0.2, -0.15) is 0 Å². The highest BCUT2D eigenvalue weighted by atomic mass is 16.6. The van der Waals surface area contributed by atoms with Crippen LogP contribution < -0.4 is 0 Å². The third kappa shape index (κ3) is 2.38. The highest BCUT2D eigenvalue weighted by molar-refractivity contribution is 6.10. The van der Waals surface area contributed by atoms with Gasteiger partial charge in [0.1, 0.15) is 5.76 Å². The van der Waals surface area contributed by atoms with Crippen molar-refractivity contribution < 1.29 is 24.5 Å². The van der Waals surface area contributed by atoms with Crippen LogP contribution in [0.2, 0.25) is 0 Å². The van der Waals surface area contributed by atoms with Crippen LogP contribution in [0.25, 0.3) is 0 Å². The molecule has 0 saturated carbocycles. The molecule has 1 aliphatic carbocycles. The molecule has 2 unspecified atom stereocenters. The number of fused-ring (bicyclic) bond motifs is 1. The molecule has 0 aromatic heterocycles. The van der Waals surface area contributed by atoms with Crippen molar-refractivity contribution in [3.05, 3.63) is 34.3 Å². The molecular weight excluding hydrogens is 284 g/mol. The third-order valence-electron chi connectivity index (χ3n) is 4.27. The number of aliphatic hydroxyl groups excluding tert-OH is 1. The van der Waals surface area contributed by atoms with E-state index in [0.717, 1.165) is 0 Å². The lowest BCUT2D eigenvalue weighted by molar-refractivity contribution is -0.156. The van der Waals surface area contributed by atoms with Gasteiger partial charge in [-0.05, 0) is 18.9 Å². The molecule has 0 amide bonds. The Morgan fingerprint density at radius 1 is 1.27 bits per heavy atom. The van der Waals surface area contributed by atoms with Crippen LogP contribution in [0.4, 0.5) is 0 Å². The number of methoxy groups -OCH3 is 1. The summed E-state index contributed by atoms with van der Waals surface area (Å²) in [7, 11) is 1.53. The Balaban J connectivity index is 2.65. The molecule has 0 aromatic carbocycles. The fourth-order valence-corrected chi connectivity index (χ4v) is 2.83. The highest BCUT2D eigenvalue weighted by Crippen LogP contribution is 2.45. The van der Waals surface area contributed by atoms with E-state index in [1.165, 1.54) is 7.11 Å². The summed E-state index contributed by atoms with van der Waals surface area (Å²) in [6, 6.07) is 0. The Morgan fingerprint density at radius 2 is 1.86 bits per heavy atom. The molecule has 0 radical (unpaired) electrons. The quantitative estimate of drug-likeness (QED) is 0.835. The van der Waals surface area contributed by atoms with Crippen molar-refractivity contribution in [3.8, 4) is 0 Å². The molecule has 2 rings (SSSR count). The van der Waals surface area contributed by atoms with Crippen molar-refractivity contribution in [1.29, 1.82) is 0 Å². The van der Waals surface area contributed by atoms with Gasteiger partial charge in [0.05, 0.1) is 6.10 Å². The van der Waals surface area contributed by atoms with Gasteiger partial charge in [0, 0.05) is 29.7 Å². The summed E-state index contributed by atoms with van der Waals surface area (Å²) >= 11 is 0. The molecule has 2 N–H and O–H groups in total. The predicted molar refractivity (Wildman–Crippen MR) is 82.0 cm³/mol. The van der Waals surface area contributed by atoms with Gasteiger partial charge < -0.3 is 19.7 Å². The Morgan fingerprint density at radius 3 is 2.32 bits per heavy atom. The molecule has 0 fully saturated rings. The van der Waals surface area contributed by atoms with E-state index < -0.39 is 17.7 Å². The fourth-order valence-electron chi connectivity index (χ4n) is 2.83. The number of hydrogen-bond donors (Lipinski definition) is 2. The Hall–Kier alpha value is -1.59. The zero-order valence-corrected chi connectivity index (χ0v) is 13.9. The first-order valence-electron chi connectivity index (χ1n) is 7.50. The van der Waals surface area contributed by atoms with E-state index in [2.05, 4.69) is 0 Å². The Kier molecular flexibility index (Phi) is 4.24. The number of ketones is 1. The molecule has 0 aromatic rings. The summed E-state index contributed by atoms with van der Waals surface area (Å²) in [4.78, 5) is 12.3. The van der Waals surface area contributed by atoms with Gasteiger partial charge in [-0.25, -0.2) is 0 Å². The first-order valence-corrected chi connectivity index (χ1v) is 7.50. The lowest BCUT2D eigenvalue weighted by Gasteiger charge is -2.28. The van der Waals surface area contributed by atoms with Crippen molar-refractivity contribution in [1.82, 2.24) is 0 Å². The summed E-state index contributed by atoms with van der Waals surface area (Å²) in [5.74, 6) is -2.14. The maximum absolute atomic E-state index is 12.3. The van der Waals surface area contributed by atoms with Crippen molar-refractivity contribution in [2.45, 2.75) is 46.5 Å². The van der Waals surface area contributed by atoms with Crippen LogP contribution in [0.5, 0.6) is 0 Å². The molecule has 1 aliphatic heterocycles. The van der Waals surface area contributed by atoms with E-state index in [9.17, 15) is 15.0 Å². The lowest BCUT2D eigenvalue weighted by Crippen LogP contribution is -2.32. The summed E-state index contributed by atoms with van der Waals surface area (Å²) in [5.41, 5.74) is 1.23. The normalized spacial score (nSPS) is 26.6. The van der Waals surface area contributed by atoms with Crippen molar-refractivity contribution in [2.24, 2.45) is 11.8 Å². The second-order valence-corrected chi connectivity index (χ2v) is 6.51. The second-order valence-electron chi connectivity index (χ2n) is 6.51. The molecule has 1 heterocycles. The van der Waals surface area contributed by atoms with Crippen LogP contribution >= 0.6 is 0 Å².